The third-order valence-electron chi connectivity index (χ3n) is 4.08. The van der Waals surface area contributed by atoms with Crippen molar-refractivity contribution in [1.29, 1.82) is 0 Å². The van der Waals surface area contributed by atoms with E-state index in [1.165, 1.54) is 0 Å². The van der Waals surface area contributed by atoms with Crippen molar-refractivity contribution in [2.75, 3.05) is 20.2 Å². The van der Waals surface area contributed by atoms with Crippen LogP contribution in [-0.4, -0.2) is 38.2 Å². The second-order valence-corrected chi connectivity index (χ2v) is 6.48. The van der Waals surface area contributed by atoms with Crippen LogP contribution < -0.4 is 15.5 Å². The number of halogens is 1. The van der Waals surface area contributed by atoms with Crippen LogP contribution in [0.3, 0.4) is 0 Å². The molecule has 1 aliphatic heterocycles. The molecule has 1 aromatic carbocycles. The normalized spacial score (nSPS) is 18.4. The third kappa shape index (κ3) is 4.96. The molecule has 0 radical (unpaired) electrons. The van der Waals surface area contributed by atoms with Gasteiger partial charge in [0.15, 0.2) is 0 Å². The van der Waals surface area contributed by atoms with Gasteiger partial charge in [0.2, 0.25) is 0 Å². The molecule has 0 saturated carbocycles. The van der Waals surface area contributed by atoms with Crippen LogP contribution in [0.1, 0.15) is 25.8 Å². The number of rotatable bonds is 7. The van der Waals surface area contributed by atoms with Gasteiger partial charge in [-0.1, -0.05) is 36.7 Å². The van der Waals surface area contributed by atoms with E-state index in [0.29, 0.717) is 42.4 Å². The van der Waals surface area contributed by atoms with Crippen LogP contribution in [0.2, 0.25) is 5.02 Å². The molecule has 25 heavy (non-hydrogen) atoms. The predicted molar refractivity (Wildman–Crippen MR) is 96.3 cm³/mol. The van der Waals surface area contributed by atoms with Crippen molar-refractivity contribution in [2.24, 2.45) is 0 Å². The summed E-state index contributed by atoms with van der Waals surface area (Å²) < 4.78 is 5.18. The van der Waals surface area contributed by atoms with Gasteiger partial charge in [0.25, 0.3) is 0 Å². The van der Waals surface area contributed by atoms with E-state index in [4.69, 9.17) is 16.3 Å². The standard InChI is InChI=1S/C18H24ClN3O3/c1-4-14-16(17(23)25-5-2)15(21-18(24)20-14)11-22(3)10-12-8-6-7-9-13(12)19/h6-9,14H,4-5,10-11H2,1-3H3,(H2,20,21,24)/p+1/t14-/m0/s1. The number of urea groups is 1. The van der Waals surface area contributed by atoms with Gasteiger partial charge < -0.3 is 20.3 Å². The highest BCUT2D eigenvalue weighted by Gasteiger charge is 2.32. The molecule has 0 fully saturated rings. The topological polar surface area (TPSA) is 71.9 Å². The molecule has 2 amide bonds. The molecule has 0 aromatic heterocycles. The largest absolute Gasteiger partial charge is 0.463 e. The zero-order chi connectivity index (χ0) is 18.4. The molecule has 1 heterocycles. The van der Waals surface area contributed by atoms with Crippen LogP contribution in [0, 0.1) is 0 Å². The van der Waals surface area contributed by atoms with Gasteiger partial charge in [-0.05, 0) is 19.4 Å². The van der Waals surface area contributed by atoms with Crippen LogP contribution in [0.5, 0.6) is 0 Å². The smallest absolute Gasteiger partial charge is 0.338 e. The van der Waals surface area contributed by atoms with Gasteiger partial charge in [-0.15, -0.1) is 0 Å². The molecule has 0 saturated heterocycles. The summed E-state index contributed by atoms with van der Waals surface area (Å²) in [5.74, 6) is -0.387. The van der Waals surface area contributed by atoms with Gasteiger partial charge in [-0.3, -0.25) is 0 Å². The highest BCUT2D eigenvalue weighted by Crippen LogP contribution is 2.17. The first kappa shape index (κ1) is 19.3. The summed E-state index contributed by atoms with van der Waals surface area (Å²) in [4.78, 5) is 25.4. The van der Waals surface area contributed by atoms with Crippen molar-refractivity contribution in [3.63, 3.8) is 0 Å². The number of carbonyl (C=O) groups is 2. The van der Waals surface area contributed by atoms with E-state index in [1.807, 2.05) is 38.2 Å². The molecule has 0 spiro atoms. The van der Waals surface area contributed by atoms with Crippen LogP contribution in [0.15, 0.2) is 35.5 Å². The molecule has 0 bridgehead atoms. The lowest BCUT2D eigenvalue weighted by molar-refractivity contribution is -0.889. The maximum atomic E-state index is 12.4. The van der Waals surface area contributed by atoms with Crippen molar-refractivity contribution in [3.8, 4) is 0 Å². The summed E-state index contributed by atoms with van der Waals surface area (Å²) in [5, 5.41) is 6.27. The number of carbonyl (C=O) groups excluding carboxylic acids is 2. The average Bonchev–Trinajstić information content (AvgIpc) is 2.56. The number of esters is 1. The second kappa shape index (κ2) is 8.87. The number of ether oxygens (including phenoxy) is 1. The van der Waals surface area contributed by atoms with Crippen molar-refractivity contribution >= 4 is 23.6 Å². The maximum absolute atomic E-state index is 12.4. The Morgan fingerprint density at radius 3 is 2.64 bits per heavy atom. The summed E-state index contributed by atoms with van der Waals surface area (Å²) in [5.41, 5.74) is 2.13. The Hall–Kier alpha value is -2.05. The molecule has 7 heteroatoms. The van der Waals surface area contributed by atoms with Crippen LogP contribution in [-0.2, 0) is 16.1 Å². The van der Waals surface area contributed by atoms with Crippen molar-refractivity contribution in [1.82, 2.24) is 10.6 Å². The zero-order valence-electron chi connectivity index (χ0n) is 14.8. The SMILES string of the molecule is CCOC(=O)C1=C(C[NH+](C)Cc2ccccc2Cl)NC(=O)N[C@H]1CC. The molecule has 0 aliphatic carbocycles. The van der Waals surface area contributed by atoms with Gasteiger partial charge in [-0.25, -0.2) is 9.59 Å². The first-order chi connectivity index (χ1) is 12.0. The number of amides is 2. The number of hydrogen-bond donors (Lipinski definition) is 3. The monoisotopic (exact) mass is 366 g/mol. The predicted octanol–water partition coefficient (Wildman–Crippen LogP) is 1.26. The fraction of sp³-hybridized carbons (Fsp3) is 0.444. The molecule has 6 nitrogen and oxygen atoms in total. The van der Waals surface area contributed by atoms with Gasteiger partial charge in [0.1, 0.15) is 13.1 Å². The Kier molecular flexibility index (Phi) is 6.84. The van der Waals surface area contributed by atoms with Gasteiger partial charge in [0.05, 0.1) is 31.0 Å². The number of quaternary nitrogens is 1. The minimum Gasteiger partial charge on any atom is -0.463 e. The number of nitrogens with one attached hydrogen (secondary N) is 3. The van der Waals surface area contributed by atoms with E-state index in [0.717, 1.165) is 10.5 Å². The highest BCUT2D eigenvalue weighted by molar-refractivity contribution is 6.31. The number of benzene rings is 1. The minimum absolute atomic E-state index is 0.291. The Labute approximate surface area is 153 Å². The molecule has 136 valence electrons. The van der Waals surface area contributed by atoms with E-state index in [-0.39, 0.29) is 18.0 Å². The molecule has 1 aromatic rings. The Morgan fingerprint density at radius 1 is 1.28 bits per heavy atom. The van der Waals surface area contributed by atoms with E-state index in [9.17, 15) is 9.59 Å². The minimum atomic E-state index is -0.387. The summed E-state index contributed by atoms with van der Waals surface area (Å²) in [7, 11) is 1.99. The van der Waals surface area contributed by atoms with E-state index in [1.54, 1.807) is 6.92 Å². The molecular formula is C18H25ClN3O3+. The Bertz CT molecular complexity index is 675. The van der Waals surface area contributed by atoms with Crippen LogP contribution in [0.4, 0.5) is 4.79 Å². The van der Waals surface area contributed by atoms with Crippen LogP contribution >= 0.6 is 11.6 Å². The Morgan fingerprint density at radius 2 is 2.00 bits per heavy atom. The zero-order valence-corrected chi connectivity index (χ0v) is 15.6. The first-order valence-electron chi connectivity index (χ1n) is 8.48. The first-order valence-corrected chi connectivity index (χ1v) is 8.86. The van der Waals surface area contributed by atoms with E-state index < -0.39 is 0 Å². The van der Waals surface area contributed by atoms with Crippen molar-refractivity contribution in [2.45, 2.75) is 32.9 Å². The summed E-state index contributed by atoms with van der Waals surface area (Å²) in [6, 6.07) is 7.03. The molecule has 1 aliphatic rings. The lowest BCUT2D eigenvalue weighted by Crippen LogP contribution is -3.08. The third-order valence-corrected chi connectivity index (χ3v) is 4.44. The molecule has 3 N–H and O–H groups in total. The Balaban J connectivity index is 2.23. The fourth-order valence-corrected chi connectivity index (χ4v) is 3.13. The second-order valence-electron chi connectivity index (χ2n) is 6.07. The van der Waals surface area contributed by atoms with Crippen molar-refractivity contribution in [3.05, 3.63) is 46.1 Å². The molecule has 2 atom stereocenters. The highest BCUT2D eigenvalue weighted by atomic mass is 35.5. The molecular weight excluding hydrogens is 342 g/mol. The summed E-state index contributed by atoms with van der Waals surface area (Å²) in [6.07, 6.45) is 0.620. The molecule has 2 rings (SSSR count). The van der Waals surface area contributed by atoms with Crippen LogP contribution in [0.25, 0.3) is 0 Å². The van der Waals surface area contributed by atoms with E-state index in [2.05, 4.69) is 10.6 Å². The number of hydrogen-bond acceptors (Lipinski definition) is 3. The van der Waals surface area contributed by atoms with Gasteiger partial charge in [-0.2, -0.15) is 0 Å². The van der Waals surface area contributed by atoms with Gasteiger partial charge >= 0.3 is 12.0 Å². The molecule has 1 unspecified atom stereocenters. The summed E-state index contributed by atoms with van der Waals surface area (Å²) in [6.45, 7) is 5.15. The average molecular weight is 367 g/mol. The number of likely N-dealkylation sites (N-methyl/N-ethyl adjacent to an activating group) is 1. The maximum Gasteiger partial charge on any atom is 0.338 e. The lowest BCUT2D eigenvalue weighted by atomic mass is 10.00. The quantitative estimate of drug-likeness (QED) is 0.636. The van der Waals surface area contributed by atoms with E-state index >= 15 is 0 Å². The fourth-order valence-electron chi connectivity index (χ4n) is 2.93. The van der Waals surface area contributed by atoms with Gasteiger partial charge in [0, 0.05) is 10.6 Å². The lowest BCUT2D eigenvalue weighted by Gasteiger charge is -2.29. The summed E-state index contributed by atoms with van der Waals surface area (Å²) >= 11 is 6.22. The van der Waals surface area contributed by atoms with Crippen molar-refractivity contribution < 1.29 is 19.2 Å².